The molecule has 2 nitrogen and oxygen atoms in total. The molecule has 16 heavy (non-hydrogen) atoms. The highest BCUT2D eigenvalue weighted by Crippen LogP contribution is 2.43. The van der Waals surface area contributed by atoms with Crippen molar-refractivity contribution in [1.29, 1.82) is 0 Å². The van der Waals surface area contributed by atoms with Gasteiger partial charge in [0.05, 0.1) is 5.52 Å². The van der Waals surface area contributed by atoms with Gasteiger partial charge in [0.25, 0.3) is 0 Å². The van der Waals surface area contributed by atoms with Crippen molar-refractivity contribution in [3.63, 3.8) is 0 Å². The van der Waals surface area contributed by atoms with E-state index >= 15 is 0 Å². The van der Waals surface area contributed by atoms with Crippen molar-refractivity contribution in [2.24, 2.45) is 0 Å². The Morgan fingerprint density at radius 3 is 2.56 bits per heavy atom. The number of aldehydes is 1. The van der Waals surface area contributed by atoms with Gasteiger partial charge in [0, 0.05) is 16.6 Å². The van der Waals surface area contributed by atoms with Gasteiger partial charge >= 0.3 is 0 Å². The van der Waals surface area contributed by atoms with Crippen LogP contribution in [0.3, 0.4) is 0 Å². The second-order valence-corrected chi connectivity index (χ2v) is 4.12. The lowest BCUT2D eigenvalue weighted by Gasteiger charge is -1.95. The average molecular weight is 221 g/mol. The van der Waals surface area contributed by atoms with Crippen molar-refractivity contribution < 1.29 is 13.6 Å². The van der Waals surface area contributed by atoms with Crippen molar-refractivity contribution in [2.75, 3.05) is 0 Å². The summed E-state index contributed by atoms with van der Waals surface area (Å²) in [4.78, 5) is 13.8. The number of nitrogens with one attached hydrogen (secondary N) is 1. The number of aromatic nitrogens is 1. The molecule has 1 fully saturated rings. The molecule has 0 amide bonds. The summed E-state index contributed by atoms with van der Waals surface area (Å²) in [6.07, 6.45) is 2.54. The molecule has 82 valence electrons. The molecule has 3 rings (SSSR count). The van der Waals surface area contributed by atoms with Crippen LogP contribution >= 0.6 is 0 Å². The first-order valence-electron chi connectivity index (χ1n) is 5.17. The fourth-order valence-electron chi connectivity index (χ4n) is 2.09. The maximum Gasteiger partial charge on any atom is 0.152 e. The number of hydrogen-bond acceptors (Lipinski definition) is 1. The van der Waals surface area contributed by atoms with Gasteiger partial charge in [-0.3, -0.25) is 4.79 Å². The molecule has 0 unspecified atom stereocenters. The van der Waals surface area contributed by atoms with Gasteiger partial charge in [-0.2, -0.15) is 0 Å². The summed E-state index contributed by atoms with van der Waals surface area (Å²) in [6.45, 7) is 0. The molecule has 1 aliphatic carbocycles. The van der Waals surface area contributed by atoms with E-state index in [9.17, 15) is 13.6 Å². The van der Waals surface area contributed by atoms with E-state index < -0.39 is 11.6 Å². The Bertz CT molecular complexity index is 584. The molecule has 0 saturated heterocycles. The Balaban J connectivity index is 2.41. The molecule has 2 aromatic rings. The number of carbonyl (C=O) groups excluding carboxylic acids is 1. The van der Waals surface area contributed by atoms with Crippen LogP contribution in [0, 0.1) is 11.6 Å². The van der Waals surface area contributed by atoms with Gasteiger partial charge in [-0.15, -0.1) is 0 Å². The third kappa shape index (κ3) is 1.19. The standard InChI is InChI=1S/C12H9F2NO/c13-8-3-4-9(14)12-10(8)7(5-16)11(15-12)6-1-2-6/h3-6,15H,1-2H2. The summed E-state index contributed by atoms with van der Waals surface area (Å²) in [5, 5.41) is 0.0805. The van der Waals surface area contributed by atoms with Crippen molar-refractivity contribution in [2.45, 2.75) is 18.8 Å². The van der Waals surface area contributed by atoms with E-state index in [0.717, 1.165) is 25.0 Å². The molecule has 1 N–H and O–H groups in total. The van der Waals surface area contributed by atoms with Crippen molar-refractivity contribution in [3.05, 3.63) is 35.0 Å². The van der Waals surface area contributed by atoms with E-state index in [4.69, 9.17) is 0 Å². The van der Waals surface area contributed by atoms with E-state index in [0.29, 0.717) is 12.0 Å². The van der Waals surface area contributed by atoms with Gasteiger partial charge in [-0.05, 0) is 30.9 Å². The number of fused-ring (bicyclic) bond motifs is 1. The lowest BCUT2D eigenvalue weighted by Crippen LogP contribution is -1.87. The monoisotopic (exact) mass is 221 g/mol. The summed E-state index contributed by atoms with van der Waals surface area (Å²) < 4.78 is 27.0. The minimum Gasteiger partial charge on any atom is -0.355 e. The zero-order valence-electron chi connectivity index (χ0n) is 8.39. The topological polar surface area (TPSA) is 32.9 Å². The lowest BCUT2D eigenvalue weighted by atomic mass is 10.1. The van der Waals surface area contributed by atoms with Gasteiger partial charge in [0.2, 0.25) is 0 Å². The van der Waals surface area contributed by atoms with Crippen molar-refractivity contribution in [3.8, 4) is 0 Å². The summed E-state index contributed by atoms with van der Waals surface area (Å²) in [5.41, 5.74) is 1.05. The summed E-state index contributed by atoms with van der Waals surface area (Å²) in [7, 11) is 0. The largest absolute Gasteiger partial charge is 0.355 e. The maximum atomic E-state index is 13.6. The highest BCUT2D eigenvalue weighted by molar-refractivity contribution is 5.99. The average Bonchev–Trinajstić information content (AvgIpc) is 3.04. The molecule has 1 saturated carbocycles. The first-order valence-corrected chi connectivity index (χ1v) is 5.17. The third-order valence-electron chi connectivity index (χ3n) is 3.03. The van der Waals surface area contributed by atoms with Crippen LogP contribution in [-0.4, -0.2) is 11.3 Å². The van der Waals surface area contributed by atoms with Crippen LogP contribution in [-0.2, 0) is 0 Å². The molecule has 4 heteroatoms. The second-order valence-electron chi connectivity index (χ2n) is 4.12. The van der Waals surface area contributed by atoms with Crippen molar-refractivity contribution >= 4 is 17.2 Å². The smallest absolute Gasteiger partial charge is 0.152 e. The normalized spacial score (nSPS) is 15.6. The van der Waals surface area contributed by atoms with Crippen LogP contribution in [0.5, 0.6) is 0 Å². The summed E-state index contributed by atoms with van der Waals surface area (Å²) >= 11 is 0. The maximum absolute atomic E-state index is 13.6. The molecule has 1 aliphatic rings. The van der Waals surface area contributed by atoms with Crippen LogP contribution < -0.4 is 0 Å². The minimum atomic E-state index is -0.554. The molecule has 1 aromatic heterocycles. The quantitative estimate of drug-likeness (QED) is 0.776. The Morgan fingerprint density at radius 2 is 1.94 bits per heavy atom. The number of benzene rings is 1. The number of aromatic amines is 1. The molecule has 0 bridgehead atoms. The van der Waals surface area contributed by atoms with Gasteiger partial charge < -0.3 is 4.98 Å². The predicted octanol–water partition coefficient (Wildman–Crippen LogP) is 3.14. The molecule has 0 spiro atoms. The summed E-state index contributed by atoms with van der Waals surface area (Å²) in [6, 6.07) is 2.12. The molecule has 0 aliphatic heterocycles. The molecule has 0 radical (unpaired) electrons. The molecular weight excluding hydrogens is 212 g/mol. The first-order chi connectivity index (χ1) is 7.72. The highest BCUT2D eigenvalue weighted by Gasteiger charge is 2.30. The minimum absolute atomic E-state index is 0.0805. The summed E-state index contributed by atoms with van der Waals surface area (Å²) in [5.74, 6) is -0.820. The van der Waals surface area contributed by atoms with E-state index in [1.807, 2.05) is 0 Å². The van der Waals surface area contributed by atoms with E-state index in [1.54, 1.807) is 0 Å². The number of H-pyrrole nitrogens is 1. The Hall–Kier alpha value is -1.71. The SMILES string of the molecule is O=Cc1c(C2CC2)[nH]c2c(F)ccc(F)c12. The number of rotatable bonds is 2. The number of hydrogen-bond donors (Lipinski definition) is 1. The number of halogens is 2. The fourth-order valence-corrected chi connectivity index (χ4v) is 2.09. The molecule has 1 heterocycles. The van der Waals surface area contributed by atoms with Crippen LogP contribution in [0.4, 0.5) is 8.78 Å². The third-order valence-corrected chi connectivity index (χ3v) is 3.03. The zero-order chi connectivity index (χ0) is 11.3. The highest BCUT2D eigenvalue weighted by atomic mass is 19.1. The molecule has 1 aromatic carbocycles. The number of carbonyl (C=O) groups is 1. The van der Waals surface area contributed by atoms with Crippen LogP contribution in [0.2, 0.25) is 0 Å². The second kappa shape index (κ2) is 3.14. The van der Waals surface area contributed by atoms with E-state index in [2.05, 4.69) is 4.98 Å². The Kier molecular flexibility index (Phi) is 1.87. The van der Waals surface area contributed by atoms with Gasteiger partial charge in [-0.25, -0.2) is 8.78 Å². The van der Waals surface area contributed by atoms with E-state index in [1.165, 1.54) is 0 Å². The van der Waals surface area contributed by atoms with Gasteiger partial charge in [0.15, 0.2) is 6.29 Å². The van der Waals surface area contributed by atoms with Gasteiger partial charge in [-0.1, -0.05) is 0 Å². The fraction of sp³-hybridized carbons (Fsp3) is 0.250. The van der Waals surface area contributed by atoms with Crippen LogP contribution in [0.25, 0.3) is 10.9 Å². The predicted molar refractivity (Wildman–Crippen MR) is 55.6 cm³/mol. The Morgan fingerprint density at radius 1 is 1.25 bits per heavy atom. The van der Waals surface area contributed by atoms with E-state index in [-0.39, 0.29) is 22.4 Å². The van der Waals surface area contributed by atoms with Gasteiger partial charge in [0.1, 0.15) is 11.6 Å². The first kappa shape index (κ1) is 9.51. The zero-order valence-corrected chi connectivity index (χ0v) is 8.39. The molecular formula is C12H9F2NO. The Labute approximate surface area is 90.3 Å². The van der Waals surface area contributed by atoms with Crippen molar-refractivity contribution in [1.82, 2.24) is 4.98 Å². The van der Waals surface area contributed by atoms with Crippen LogP contribution in [0.15, 0.2) is 12.1 Å². The lowest BCUT2D eigenvalue weighted by molar-refractivity contribution is 0.112. The molecule has 0 atom stereocenters. The van der Waals surface area contributed by atoms with Crippen LogP contribution in [0.1, 0.15) is 34.8 Å².